The number of carbonyl (C=O) groups excluding carboxylic acids is 1. The van der Waals surface area contributed by atoms with Crippen molar-refractivity contribution in [3.8, 4) is 0 Å². The summed E-state index contributed by atoms with van der Waals surface area (Å²) < 4.78 is 18.8. The fourth-order valence-electron chi connectivity index (χ4n) is 4.40. The lowest BCUT2D eigenvalue weighted by atomic mass is 10.0. The molecule has 2 rings (SSSR count). The molecule has 2 fully saturated rings. The van der Waals surface area contributed by atoms with Gasteiger partial charge in [-0.05, 0) is 43.8 Å². The van der Waals surface area contributed by atoms with Crippen molar-refractivity contribution in [1.29, 1.82) is 0 Å². The number of hydrogen-bond acceptors (Lipinski definition) is 4. The number of unbranched alkanes of at least 4 members (excludes halogenated alkanes) is 7. The Morgan fingerprint density at radius 3 is 2.17 bits per heavy atom. The van der Waals surface area contributed by atoms with E-state index in [0.717, 1.165) is 25.7 Å². The van der Waals surface area contributed by atoms with Crippen molar-refractivity contribution in [2.24, 2.45) is 0 Å². The van der Waals surface area contributed by atoms with Gasteiger partial charge in [-0.25, -0.2) is 0 Å². The van der Waals surface area contributed by atoms with Crippen LogP contribution >= 0.6 is 0 Å². The largest absolute Gasteiger partial charge is 0.460 e. The molecule has 4 nitrogen and oxygen atoms in total. The average Bonchev–Trinajstić information content (AvgIpc) is 3.31. The number of esters is 1. The van der Waals surface area contributed by atoms with Crippen molar-refractivity contribution in [2.45, 2.75) is 154 Å². The van der Waals surface area contributed by atoms with Gasteiger partial charge in [0.1, 0.15) is 6.10 Å². The van der Waals surface area contributed by atoms with Crippen molar-refractivity contribution in [3.05, 3.63) is 0 Å². The molecule has 0 saturated carbocycles. The standard InChI is InChI=1S/C25H48O4Si/c1-7-8-9-10-11-12-13-14-15-23(29-30(5,6)25(2,3)4)22-17-16-20(27-22)21-18-19-24(26)28-21/h20-23H,7-19H2,1-6H3/t20-,21-,22-,23-/m1/s1. The van der Waals surface area contributed by atoms with Crippen LogP contribution in [0.15, 0.2) is 0 Å². The normalized spacial score (nSPS) is 26.2. The highest BCUT2D eigenvalue weighted by Crippen LogP contribution is 2.40. The summed E-state index contributed by atoms with van der Waals surface area (Å²) in [6.45, 7) is 13.9. The molecule has 0 amide bonds. The minimum absolute atomic E-state index is 0.0425. The molecule has 4 atom stereocenters. The first-order valence-electron chi connectivity index (χ1n) is 12.7. The summed E-state index contributed by atoms with van der Waals surface area (Å²) in [7, 11) is -1.86. The third-order valence-electron chi connectivity index (χ3n) is 7.42. The van der Waals surface area contributed by atoms with Crippen molar-refractivity contribution in [2.75, 3.05) is 0 Å². The Morgan fingerprint density at radius 1 is 0.967 bits per heavy atom. The summed E-state index contributed by atoms with van der Waals surface area (Å²) in [5.74, 6) is -0.0694. The van der Waals surface area contributed by atoms with E-state index in [0.29, 0.717) is 6.42 Å². The van der Waals surface area contributed by atoms with E-state index in [1.165, 1.54) is 51.4 Å². The molecule has 0 aromatic rings. The molecule has 0 aromatic carbocycles. The summed E-state index contributed by atoms with van der Waals surface area (Å²) in [5.41, 5.74) is 0. The van der Waals surface area contributed by atoms with Gasteiger partial charge >= 0.3 is 5.97 Å². The molecule has 2 aliphatic heterocycles. The van der Waals surface area contributed by atoms with Crippen LogP contribution in [0.5, 0.6) is 0 Å². The van der Waals surface area contributed by atoms with Gasteiger partial charge < -0.3 is 13.9 Å². The number of rotatable bonds is 13. The highest BCUT2D eigenvalue weighted by Gasteiger charge is 2.44. The summed E-state index contributed by atoms with van der Waals surface area (Å²) in [6, 6.07) is 0. The van der Waals surface area contributed by atoms with Crippen LogP contribution < -0.4 is 0 Å². The van der Waals surface area contributed by atoms with E-state index in [1.807, 2.05) is 0 Å². The van der Waals surface area contributed by atoms with Gasteiger partial charge in [-0.1, -0.05) is 79.1 Å². The molecule has 2 heterocycles. The Kier molecular flexibility index (Phi) is 10.4. The van der Waals surface area contributed by atoms with Crippen LogP contribution in [0.25, 0.3) is 0 Å². The Balaban J connectivity index is 1.86. The maximum atomic E-state index is 11.5. The van der Waals surface area contributed by atoms with Crippen molar-refractivity contribution >= 4 is 14.3 Å². The Hall–Kier alpha value is -0.393. The molecule has 2 aliphatic rings. The smallest absolute Gasteiger partial charge is 0.306 e. The van der Waals surface area contributed by atoms with Crippen molar-refractivity contribution < 1.29 is 18.7 Å². The molecule has 0 N–H and O–H groups in total. The lowest BCUT2D eigenvalue weighted by Gasteiger charge is -2.41. The number of hydrogen-bond donors (Lipinski definition) is 0. The zero-order valence-electron chi connectivity index (χ0n) is 20.6. The minimum Gasteiger partial charge on any atom is -0.460 e. The summed E-state index contributed by atoms with van der Waals surface area (Å²) in [6.07, 6.45) is 15.4. The van der Waals surface area contributed by atoms with Gasteiger partial charge in [-0.15, -0.1) is 0 Å². The first-order valence-corrected chi connectivity index (χ1v) is 15.6. The molecule has 0 bridgehead atoms. The fourth-order valence-corrected chi connectivity index (χ4v) is 5.78. The van der Waals surface area contributed by atoms with Gasteiger partial charge in [0.15, 0.2) is 8.32 Å². The predicted molar refractivity (Wildman–Crippen MR) is 126 cm³/mol. The van der Waals surface area contributed by atoms with Gasteiger partial charge in [-0.2, -0.15) is 0 Å². The zero-order valence-corrected chi connectivity index (χ0v) is 21.6. The molecule has 2 saturated heterocycles. The molecule has 0 aliphatic carbocycles. The molecule has 0 unspecified atom stereocenters. The Bertz CT molecular complexity index is 514. The zero-order chi connectivity index (χ0) is 22.2. The van der Waals surface area contributed by atoms with Crippen LogP contribution in [0.2, 0.25) is 18.1 Å². The van der Waals surface area contributed by atoms with E-state index in [-0.39, 0.29) is 35.4 Å². The van der Waals surface area contributed by atoms with E-state index in [1.54, 1.807) is 0 Å². The van der Waals surface area contributed by atoms with Gasteiger partial charge in [0.2, 0.25) is 0 Å². The predicted octanol–water partition coefficient (Wildman–Crippen LogP) is 7.16. The molecular formula is C25H48O4Si. The van der Waals surface area contributed by atoms with E-state index >= 15 is 0 Å². The quantitative estimate of drug-likeness (QED) is 0.173. The maximum Gasteiger partial charge on any atom is 0.306 e. The Morgan fingerprint density at radius 2 is 1.60 bits per heavy atom. The monoisotopic (exact) mass is 440 g/mol. The van der Waals surface area contributed by atoms with Crippen LogP contribution in [0.3, 0.4) is 0 Å². The summed E-state index contributed by atoms with van der Waals surface area (Å²) >= 11 is 0. The lowest BCUT2D eigenvalue weighted by molar-refractivity contribution is -0.148. The van der Waals surface area contributed by atoms with Crippen molar-refractivity contribution in [3.63, 3.8) is 0 Å². The van der Waals surface area contributed by atoms with Crippen molar-refractivity contribution in [1.82, 2.24) is 0 Å². The van der Waals surface area contributed by atoms with Gasteiger partial charge in [0.05, 0.1) is 18.3 Å². The topological polar surface area (TPSA) is 44.8 Å². The van der Waals surface area contributed by atoms with E-state index < -0.39 is 8.32 Å². The van der Waals surface area contributed by atoms with E-state index in [2.05, 4.69) is 40.8 Å². The molecule has 0 aromatic heterocycles. The van der Waals surface area contributed by atoms with E-state index in [9.17, 15) is 4.79 Å². The van der Waals surface area contributed by atoms with Crippen LogP contribution in [0.1, 0.15) is 111 Å². The molecule has 5 heteroatoms. The minimum atomic E-state index is -1.86. The SMILES string of the molecule is CCCCCCCCCC[C@@H](O[Si](C)(C)C(C)(C)C)[C@H]1CC[C@H]([C@H]2CCC(=O)O2)O1. The molecule has 176 valence electrons. The third kappa shape index (κ3) is 7.94. The first kappa shape index (κ1) is 25.9. The van der Waals surface area contributed by atoms with Gasteiger partial charge in [0.25, 0.3) is 0 Å². The van der Waals surface area contributed by atoms with E-state index in [4.69, 9.17) is 13.9 Å². The molecule has 30 heavy (non-hydrogen) atoms. The number of carbonyl (C=O) groups is 1. The summed E-state index contributed by atoms with van der Waals surface area (Å²) in [4.78, 5) is 11.5. The summed E-state index contributed by atoms with van der Waals surface area (Å²) in [5, 5.41) is 0.198. The highest BCUT2D eigenvalue weighted by molar-refractivity contribution is 6.74. The van der Waals surface area contributed by atoms with Crippen LogP contribution in [0.4, 0.5) is 0 Å². The molecule has 0 radical (unpaired) electrons. The lowest BCUT2D eigenvalue weighted by Crippen LogP contribution is -2.47. The first-order chi connectivity index (χ1) is 14.1. The van der Waals surface area contributed by atoms with Gasteiger partial charge in [0, 0.05) is 6.42 Å². The fraction of sp³-hybridized carbons (Fsp3) is 0.960. The second kappa shape index (κ2) is 12.0. The third-order valence-corrected chi connectivity index (χ3v) is 11.9. The maximum absolute atomic E-state index is 11.5. The average molecular weight is 441 g/mol. The molecular weight excluding hydrogens is 392 g/mol. The second-order valence-electron chi connectivity index (χ2n) is 11.0. The van der Waals surface area contributed by atoms with Gasteiger partial charge in [-0.3, -0.25) is 4.79 Å². The molecule has 0 spiro atoms. The number of ether oxygens (including phenoxy) is 2. The second-order valence-corrected chi connectivity index (χ2v) is 15.8. The van der Waals surface area contributed by atoms with Crippen LogP contribution in [0, 0.1) is 0 Å². The van der Waals surface area contributed by atoms with Crippen LogP contribution in [-0.2, 0) is 18.7 Å². The number of cyclic esters (lactones) is 1. The van der Waals surface area contributed by atoms with Crippen LogP contribution in [-0.4, -0.2) is 38.7 Å². The Labute approximate surface area is 186 Å². The highest BCUT2D eigenvalue weighted by atomic mass is 28.4.